The van der Waals surface area contributed by atoms with E-state index in [9.17, 15) is 66.1 Å². The average Bonchev–Trinajstić information content (AvgIpc) is 3.00. The van der Waals surface area contributed by atoms with Crippen molar-refractivity contribution < 1.29 is 84.6 Å². The minimum Gasteiger partial charge on any atom is -0.507 e. The van der Waals surface area contributed by atoms with Crippen molar-refractivity contribution in [2.45, 2.75) is 61.4 Å². The Kier molecular flexibility index (Phi) is 8.97. The molecule has 18 nitrogen and oxygen atoms in total. The molecule has 12 N–H and O–H groups in total. The van der Waals surface area contributed by atoms with Crippen molar-refractivity contribution in [3.05, 3.63) is 34.5 Å². The largest absolute Gasteiger partial charge is 0.507 e. The summed E-state index contributed by atoms with van der Waals surface area (Å²) < 4.78 is 27.3. The first-order valence-electron chi connectivity index (χ1n) is 13.3. The Morgan fingerprint density at radius 2 is 1.24 bits per heavy atom. The van der Waals surface area contributed by atoms with Gasteiger partial charge in [-0.05, 0) is 12.1 Å². The highest BCUT2D eigenvalue weighted by Gasteiger charge is 2.48. The van der Waals surface area contributed by atoms with Crippen LogP contribution in [-0.2, 0) is 14.2 Å². The first-order valence-corrected chi connectivity index (χ1v) is 13.3. The van der Waals surface area contributed by atoms with E-state index in [1.807, 2.05) is 0 Å². The standard InChI is InChI=1S/C27H30O18/c28-5-13-17(33)20(36)23(39)26(44-13)41-6-14-18(34)21(37)24(40)27(45-14)42-8-3-9(29)15-12(4-8)43-25(22(38)19(15)35)7-1-10(30)16(32)11(31)2-7/h1-4,13-14,17-18,20-21,23-24,26-34,36-40H,5-6H2/t13-,14-,17-,18-,20+,21+,23-,24-,26-,27-/m1/s1. The predicted molar refractivity (Wildman–Crippen MR) is 143 cm³/mol. The fourth-order valence-corrected chi connectivity index (χ4v) is 4.94. The summed E-state index contributed by atoms with van der Waals surface area (Å²) in [7, 11) is 0. The third kappa shape index (κ3) is 5.91. The van der Waals surface area contributed by atoms with Crippen molar-refractivity contribution in [3.63, 3.8) is 0 Å². The van der Waals surface area contributed by atoms with Crippen molar-refractivity contribution in [2.75, 3.05) is 13.2 Å². The third-order valence-electron chi connectivity index (χ3n) is 7.45. The highest BCUT2D eigenvalue weighted by atomic mass is 16.7. The van der Waals surface area contributed by atoms with Crippen LogP contribution in [0.2, 0.25) is 0 Å². The van der Waals surface area contributed by atoms with Gasteiger partial charge in [-0.25, -0.2) is 0 Å². The second-order valence-electron chi connectivity index (χ2n) is 10.5. The van der Waals surface area contributed by atoms with Crippen LogP contribution in [0.1, 0.15) is 0 Å². The van der Waals surface area contributed by atoms with Crippen LogP contribution in [0, 0.1) is 0 Å². The Labute approximate surface area is 250 Å². The maximum absolute atomic E-state index is 12.9. The normalized spacial score (nSPS) is 32.1. The molecule has 0 unspecified atom stereocenters. The van der Waals surface area contributed by atoms with Crippen LogP contribution >= 0.6 is 0 Å². The van der Waals surface area contributed by atoms with Gasteiger partial charge in [0.2, 0.25) is 17.5 Å². The van der Waals surface area contributed by atoms with E-state index in [4.69, 9.17) is 23.4 Å². The number of fused-ring (bicyclic) bond motifs is 1. The molecule has 3 heterocycles. The van der Waals surface area contributed by atoms with E-state index in [-0.39, 0.29) is 11.3 Å². The molecule has 0 amide bonds. The van der Waals surface area contributed by atoms with Gasteiger partial charge in [-0.15, -0.1) is 0 Å². The molecule has 45 heavy (non-hydrogen) atoms. The lowest BCUT2D eigenvalue weighted by Crippen LogP contribution is -2.62. The molecule has 0 bridgehead atoms. The molecule has 0 aliphatic carbocycles. The molecular weight excluding hydrogens is 612 g/mol. The Morgan fingerprint density at radius 1 is 0.667 bits per heavy atom. The lowest BCUT2D eigenvalue weighted by molar-refractivity contribution is -0.323. The van der Waals surface area contributed by atoms with Gasteiger partial charge in [-0.2, -0.15) is 0 Å². The lowest BCUT2D eigenvalue weighted by atomic mass is 9.98. The lowest BCUT2D eigenvalue weighted by Gasteiger charge is -2.42. The van der Waals surface area contributed by atoms with Crippen molar-refractivity contribution in [1.82, 2.24) is 0 Å². The van der Waals surface area contributed by atoms with Crippen LogP contribution in [-0.4, -0.2) is 136 Å². The van der Waals surface area contributed by atoms with Crippen LogP contribution in [0.15, 0.2) is 33.5 Å². The minimum atomic E-state index is -1.90. The van der Waals surface area contributed by atoms with Crippen LogP contribution in [0.4, 0.5) is 0 Å². The van der Waals surface area contributed by atoms with E-state index in [0.717, 1.165) is 24.3 Å². The molecule has 2 aliphatic rings. The van der Waals surface area contributed by atoms with Crippen LogP contribution in [0.5, 0.6) is 34.5 Å². The summed E-state index contributed by atoms with van der Waals surface area (Å²) in [6.07, 6.45) is -16.9. The highest BCUT2D eigenvalue weighted by molar-refractivity contribution is 5.88. The number of hydrogen-bond donors (Lipinski definition) is 12. The number of hydrogen-bond acceptors (Lipinski definition) is 18. The van der Waals surface area contributed by atoms with Crippen molar-refractivity contribution in [1.29, 1.82) is 0 Å². The van der Waals surface area contributed by atoms with Crippen LogP contribution < -0.4 is 10.2 Å². The summed E-state index contributed by atoms with van der Waals surface area (Å²) in [6, 6.07) is 3.69. The maximum Gasteiger partial charge on any atom is 0.238 e. The summed E-state index contributed by atoms with van der Waals surface area (Å²) in [4.78, 5) is 12.9. The maximum atomic E-state index is 12.9. The van der Waals surface area contributed by atoms with Crippen molar-refractivity contribution in [3.8, 4) is 45.8 Å². The second-order valence-corrected chi connectivity index (χ2v) is 10.5. The van der Waals surface area contributed by atoms with E-state index >= 15 is 0 Å². The molecule has 5 rings (SSSR count). The van der Waals surface area contributed by atoms with Gasteiger partial charge in [0, 0.05) is 17.7 Å². The van der Waals surface area contributed by atoms with E-state index in [2.05, 4.69) is 0 Å². The number of phenolic OH excluding ortho intramolecular Hbond substituents is 4. The number of rotatable bonds is 7. The molecule has 246 valence electrons. The molecule has 18 heteroatoms. The average molecular weight is 643 g/mol. The number of aromatic hydroxyl groups is 5. The molecule has 2 fully saturated rings. The summed E-state index contributed by atoms with van der Waals surface area (Å²) >= 11 is 0. The first kappa shape index (κ1) is 32.4. The smallest absolute Gasteiger partial charge is 0.238 e. The number of benzene rings is 2. The van der Waals surface area contributed by atoms with Crippen molar-refractivity contribution in [2.24, 2.45) is 0 Å². The molecule has 1 aromatic heterocycles. The van der Waals surface area contributed by atoms with Gasteiger partial charge >= 0.3 is 0 Å². The van der Waals surface area contributed by atoms with E-state index in [1.165, 1.54) is 0 Å². The van der Waals surface area contributed by atoms with Gasteiger partial charge in [-0.1, -0.05) is 0 Å². The highest BCUT2D eigenvalue weighted by Crippen LogP contribution is 2.42. The SMILES string of the molecule is O=c1c(O)c(-c2cc(O)c(O)c(O)c2)oc2cc(O[C@@H]3O[C@H](CO[C@@H]4O[C@H](CO)[C@@H](O)[C@H](O)[C@H]4O)[C@@H](O)[C@H](O)[C@H]3O)cc(O)c12. The first-order chi connectivity index (χ1) is 21.2. The molecule has 0 spiro atoms. The number of aliphatic hydroxyl groups is 7. The number of aliphatic hydroxyl groups excluding tert-OH is 7. The zero-order valence-corrected chi connectivity index (χ0v) is 22.8. The van der Waals surface area contributed by atoms with E-state index < -0.39 is 126 Å². The Bertz CT molecular complexity index is 1580. The van der Waals surface area contributed by atoms with Crippen LogP contribution in [0.25, 0.3) is 22.3 Å². The molecular formula is C27H30O18. The molecule has 0 radical (unpaired) electrons. The topological polar surface area (TPSA) is 310 Å². The molecule has 2 aromatic carbocycles. The Balaban J connectivity index is 1.39. The zero-order valence-electron chi connectivity index (χ0n) is 22.8. The fourth-order valence-electron chi connectivity index (χ4n) is 4.94. The van der Waals surface area contributed by atoms with Crippen LogP contribution in [0.3, 0.4) is 0 Å². The monoisotopic (exact) mass is 642 g/mol. The van der Waals surface area contributed by atoms with Gasteiger partial charge in [0.05, 0.1) is 13.2 Å². The Morgan fingerprint density at radius 3 is 1.87 bits per heavy atom. The van der Waals surface area contributed by atoms with Gasteiger partial charge in [0.1, 0.15) is 71.3 Å². The molecule has 10 atom stereocenters. The van der Waals surface area contributed by atoms with E-state index in [1.54, 1.807) is 0 Å². The van der Waals surface area contributed by atoms with E-state index in [0.29, 0.717) is 0 Å². The summed E-state index contributed by atoms with van der Waals surface area (Å²) in [5.41, 5.74) is -1.76. The van der Waals surface area contributed by atoms with Gasteiger partial charge in [0.25, 0.3) is 0 Å². The fraction of sp³-hybridized carbons (Fsp3) is 0.444. The minimum absolute atomic E-state index is 0.240. The third-order valence-corrected chi connectivity index (χ3v) is 7.45. The molecule has 3 aromatic rings. The second kappa shape index (κ2) is 12.4. The number of ether oxygens (including phenoxy) is 4. The Hall–Kier alpha value is -3.95. The number of phenols is 4. The molecule has 2 saturated heterocycles. The summed E-state index contributed by atoms with van der Waals surface area (Å²) in [5, 5.41) is 121. The quantitative estimate of drug-likeness (QED) is 0.114. The molecule has 2 aliphatic heterocycles. The summed E-state index contributed by atoms with van der Waals surface area (Å²) in [6.45, 7) is -1.37. The molecule has 0 saturated carbocycles. The summed E-state index contributed by atoms with van der Waals surface area (Å²) in [5.74, 6) is -5.15. The van der Waals surface area contributed by atoms with Gasteiger partial charge in [0.15, 0.2) is 29.3 Å². The predicted octanol–water partition coefficient (Wildman–Crippen LogP) is -3.01. The van der Waals surface area contributed by atoms with Crippen molar-refractivity contribution >= 4 is 11.0 Å². The van der Waals surface area contributed by atoms with Gasteiger partial charge < -0.3 is 84.6 Å². The zero-order chi connectivity index (χ0) is 32.9. The van der Waals surface area contributed by atoms with Gasteiger partial charge in [-0.3, -0.25) is 4.79 Å².